The minimum Gasteiger partial charge on any atom is -0.497 e. The lowest BCUT2D eigenvalue weighted by Crippen LogP contribution is -2.22. The van der Waals surface area contributed by atoms with Crippen molar-refractivity contribution in [3.63, 3.8) is 0 Å². The summed E-state index contributed by atoms with van der Waals surface area (Å²) >= 11 is 7.60. The number of hydrogen-bond donors (Lipinski definition) is 1. The summed E-state index contributed by atoms with van der Waals surface area (Å²) in [4.78, 5) is 32.7. The van der Waals surface area contributed by atoms with Crippen LogP contribution in [0.4, 0.5) is 10.7 Å². The van der Waals surface area contributed by atoms with Crippen LogP contribution in [-0.4, -0.2) is 22.4 Å². The zero-order chi connectivity index (χ0) is 25.5. The number of benzene rings is 3. The molecule has 0 fully saturated rings. The molecule has 0 atom stereocenters. The van der Waals surface area contributed by atoms with Crippen molar-refractivity contribution in [3.8, 4) is 22.1 Å². The molecule has 0 aliphatic heterocycles. The average Bonchev–Trinajstić information content (AvgIpc) is 3.29. The van der Waals surface area contributed by atoms with Crippen LogP contribution in [0.3, 0.4) is 0 Å². The van der Waals surface area contributed by atoms with Gasteiger partial charge >= 0.3 is 0 Å². The Morgan fingerprint density at radius 3 is 2.49 bits per heavy atom. The Morgan fingerprint density at radius 2 is 1.73 bits per heavy atom. The van der Waals surface area contributed by atoms with E-state index in [1.807, 2.05) is 54.6 Å². The zero-order valence-electron chi connectivity index (χ0n) is 20.0. The number of ether oxygens (including phenoxy) is 1. The molecule has 6 rings (SSSR count). The van der Waals surface area contributed by atoms with Gasteiger partial charge in [0.25, 0.3) is 5.56 Å². The van der Waals surface area contributed by atoms with E-state index in [2.05, 4.69) is 5.32 Å². The monoisotopic (exact) mass is 527 g/mol. The highest BCUT2D eigenvalue weighted by molar-refractivity contribution is 7.20. The van der Waals surface area contributed by atoms with Gasteiger partial charge in [0.05, 0.1) is 34.1 Å². The Morgan fingerprint density at radius 1 is 0.973 bits per heavy atom. The van der Waals surface area contributed by atoms with Crippen LogP contribution >= 0.6 is 22.9 Å². The molecule has 2 aromatic heterocycles. The van der Waals surface area contributed by atoms with Gasteiger partial charge in [-0.1, -0.05) is 23.7 Å². The van der Waals surface area contributed by atoms with Crippen LogP contribution in [0.5, 0.6) is 5.75 Å². The number of aromatic nitrogens is 2. The summed E-state index contributed by atoms with van der Waals surface area (Å²) < 4.78 is 6.90. The summed E-state index contributed by atoms with van der Waals surface area (Å²) in [5, 5.41) is 5.29. The number of rotatable bonds is 5. The summed E-state index contributed by atoms with van der Waals surface area (Å²) in [7, 11) is 1.62. The van der Waals surface area contributed by atoms with Crippen LogP contribution in [-0.2, 0) is 6.42 Å². The van der Waals surface area contributed by atoms with Crippen LogP contribution in [0, 0.1) is 0 Å². The van der Waals surface area contributed by atoms with E-state index in [4.69, 9.17) is 21.3 Å². The summed E-state index contributed by atoms with van der Waals surface area (Å²) in [5.74, 6) is 1.37. The number of methoxy groups -OCH3 is 1. The lowest BCUT2D eigenvalue weighted by molar-refractivity contribution is 0.0974. The number of nitrogens with zero attached hydrogens (tertiary/aromatic N) is 2. The van der Waals surface area contributed by atoms with E-state index in [0.717, 1.165) is 39.7 Å². The molecule has 1 aliphatic rings. The van der Waals surface area contributed by atoms with Crippen LogP contribution < -0.4 is 15.6 Å². The molecular weight excluding hydrogens is 506 g/mol. The Labute approximate surface area is 222 Å². The van der Waals surface area contributed by atoms with Gasteiger partial charge in [0.1, 0.15) is 10.8 Å². The number of carbonyl (C=O) groups excluding carboxylic acids is 1. The Bertz CT molecular complexity index is 1710. The third-order valence-corrected chi connectivity index (χ3v) is 7.92. The minimum absolute atomic E-state index is 0.0981. The number of halogens is 1. The quantitative estimate of drug-likeness (QED) is 0.265. The van der Waals surface area contributed by atoms with Crippen LogP contribution in [0.25, 0.3) is 27.3 Å². The summed E-state index contributed by atoms with van der Waals surface area (Å²) in [6.45, 7) is 0. The summed E-state index contributed by atoms with van der Waals surface area (Å²) in [6, 6.07) is 22.0. The third kappa shape index (κ3) is 4.20. The second-order valence-electron chi connectivity index (χ2n) is 8.81. The van der Waals surface area contributed by atoms with Crippen molar-refractivity contribution in [2.24, 2.45) is 0 Å². The number of Topliss-reactive ketones (excluding diaryl/α,β-unsaturated/α-hetero) is 1. The smallest absolute Gasteiger partial charge is 0.266 e. The average molecular weight is 528 g/mol. The molecule has 37 heavy (non-hydrogen) atoms. The SMILES string of the molecule is COc1ccc(Nc2sc(-c3nc4ccccc4c(=O)n3-c3ccc(Cl)cc3)c3c2C(=O)CCC3)cc1. The lowest BCUT2D eigenvalue weighted by atomic mass is 9.91. The van der Waals surface area contributed by atoms with E-state index in [0.29, 0.717) is 39.4 Å². The fourth-order valence-corrected chi connectivity index (χ4v) is 6.13. The Hall–Kier alpha value is -3.94. The van der Waals surface area contributed by atoms with Crippen molar-refractivity contribution in [2.75, 3.05) is 12.4 Å². The first-order valence-corrected chi connectivity index (χ1v) is 13.1. The first-order chi connectivity index (χ1) is 18.0. The predicted molar refractivity (Wildman–Crippen MR) is 149 cm³/mol. The molecule has 0 amide bonds. The van der Waals surface area contributed by atoms with Crippen LogP contribution in [0.1, 0.15) is 28.8 Å². The molecule has 0 radical (unpaired) electrons. The summed E-state index contributed by atoms with van der Waals surface area (Å²) in [6.07, 6.45) is 1.99. The number of ketones is 1. The highest BCUT2D eigenvalue weighted by Crippen LogP contribution is 2.44. The van der Waals surface area contributed by atoms with E-state index in [9.17, 15) is 9.59 Å². The third-order valence-electron chi connectivity index (χ3n) is 6.53. The van der Waals surface area contributed by atoms with Crippen molar-refractivity contribution in [3.05, 3.63) is 99.3 Å². The van der Waals surface area contributed by atoms with Gasteiger partial charge in [0.2, 0.25) is 0 Å². The molecule has 1 N–H and O–H groups in total. The van der Waals surface area contributed by atoms with E-state index in [1.54, 1.807) is 29.9 Å². The van der Waals surface area contributed by atoms with E-state index >= 15 is 0 Å². The number of fused-ring (bicyclic) bond motifs is 2. The predicted octanol–water partition coefficient (Wildman–Crippen LogP) is 7.04. The molecule has 8 heteroatoms. The molecule has 3 aromatic carbocycles. The first kappa shape index (κ1) is 23.5. The van der Waals surface area contributed by atoms with E-state index in [1.165, 1.54) is 11.3 Å². The molecule has 0 unspecified atom stereocenters. The molecular formula is C29H22ClN3O3S. The molecule has 2 heterocycles. The van der Waals surface area contributed by atoms with Crippen LogP contribution in [0.2, 0.25) is 5.02 Å². The maximum absolute atomic E-state index is 13.8. The molecule has 0 saturated carbocycles. The van der Waals surface area contributed by atoms with Crippen molar-refractivity contribution in [2.45, 2.75) is 19.3 Å². The largest absolute Gasteiger partial charge is 0.497 e. The topological polar surface area (TPSA) is 73.2 Å². The highest BCUT2D eigenvalue weighted by atomic mass is 35.5. The van der Waals surface area contributed by atoms with Gasteiger partial charge in [0.15, 0.2) is 11.6 Å². The maximum atomic E-state index is 13.8. The van der Waals surface area contributed by atoms with Gasteiger partial charge in [-0.2, -0.15) is 0 Å². The Kier molecular flexibility index (Phi) is 6.02. The zero-order valence-corrected chi connectivity index (χ0v) is 21.5. The minimum atomic E-state index is -0.170. The second-order valence-corrected chi connectivity index (χ2v) is 10.3. The fourth-order valence-electron chi connectivity index (χ4n) is 4.74. The normalized spacial score (nSPS) is 13.0. The maximum Gasteiger partial charge on any atom is 0.266 e. The van der Waals surface area contributed by atoms with E-state index in [-0.39, 0.29) is 11.3 Å². The summed E-state index contributed by atoms with van der Waals surface area (Å²) in [5.41, 5.74) is 3.57. The Balaban J connectivity index is 1.59. The number of thiophene rings is 1. The number of para-hydroxylation sites is 1. The van der Waals surface area contributed by atoms with Gasteiger partial charge < -0.3 is 10.1 Å². The molecule has 0 spiro atoms. The van der Waals surface area contributed by atoms with Crippen molar-refractivity contribution in [1.29, 1.82) is 0 Å². The van der Waals surface area contributed by atoms with Crippen molar-refractivity contribution in [1.82, 2.24) is 9.55 Å². The lowest BCUT2D eigenvalue weighted by Gasteiger charge is -2.16. The fraction of sp³-hybridized carbons (Fsp3) is 0.138. The molecule has 0 bridgehead atoms. The van der Waals surface area contributed by atoms with Gasteiger partial charge in [-0.25, -0.2) is 4.98 Å². The number of nitrogens with one attached hydrogen (secondary N) is 1. The van der Waals surface area contributed by atoms with E-state index < -0.39 is 0 Å². The molecule has 1 aliphatic carbocycles. The van der Waals surface area contributed by atoms with Gasteiger partial charge in [-0.3, -0.25) is 14.2 Å². The molecule has 6 nitrogen and oxygen atoms in total. The number of hydrogen-bond acceptors (Lipinski definition) is 6. The molecule has 5 aromatic rings. The standard InChI is InChI=1S/C29H22ClN3O3S/c1-36-20-15-11-18(12-16-20)31-28-25-22(6-4-8-24(25)34)26(37-28)27-32-23-7-3-2-5-21(23)29(35)33(27)19-13-9-17(30)10-14-19/h2-3,5,7,9-16,31H,4,6,8H2,1H3. The first-order valence-electron chi connectivity index (χ1n) is 11.9. The van der Waals surface area contributed by atoms with Gasteiger partial charge in [0, 0.05) is 17.1 Å². The van der Waals surface area contributed by atoms with Crippen molar-refractivity contribution < 1.29 is 9.53 Å². The molecule has 0 saturated heterocycles. The number of carbonyl (C=O) groups is 1. The van der Waals surface area contributed by atoms with Crippen LogP contribution in [0.15, 0.2) is 77.6 Å². The molecule has 184 valence electrons. The number of anilines is 2. The van der Waals surface area contributed by atoms with Crippen molar-refractivity contribution >= 4 is 50.3 Å². The second kappa shape index (κ2) is 9.50. The highest BCUT2D eigenvalue weighted by Gasteiger charge is 2.30. The van der Waals surface area contributed by atoms with Gasteiger partial charge in [-0.15, -0.1) is 11.3 Å². The van der Waals surface area contributed by atoms with Gasteiger partial charge in [-0.05, 0) is 79.1 Å².